The highest BCUT2D eigenvalue weighted by Gasteiger charge is 2.35. The molecule has 1 heterocycles. The van der Waals surface area contributed by atoms with Crippen LogP contribution < -0.4 is 0 Å². The van der Waals surface area contributed by atoms with Gasteiger partial charge in [0.2, 0.25) is 0 Å². The number of halogens is 1. The van der Waals surface area contributed by atoms with Crippen LogP contribution >= 0.6 is 15.9 Å². The van der Waals surface area contributed by atoms with Crippen LogP contribution in [0.3, 0.4) is 0 Å². The maximum atomic E-state index is 3.67. The number of hydrogen-bond acceptors (Lipinski definition) is 0. The molecule has 140 valence electrons. The summed E-state index contributed by atoms with van der Waals surface area (Å²) in [6.45, 7) is 4.66. The molecule has 2 heteroatoms. The molecular weight excluding hydrogens is 418 g/mol. The van der Waals surface area contributed by atoms with E-state index in [1.807, 2.05) is 0 Å². The van der Waals surface area contributed by atoms with Gasteiger partial charge in [-0.25, -0.2) is 0 Å². The Labute approximate surface area is 178 Å². The minimum Gasteiger partial charge on any atom is -0.309 e. The van der Waals surface area contributed by atoms with Crippen molar-refractivity contribution in [1.29, 1.82) is 0 Å². The van der Waals surface area contributed by atoms with Crippen molar-refractivity contribution in [2.45, 2.75) is 19.3 Å². The zero-order valence-corrected chi connectivity index (χ0v) is 18.0. The van der Waals surface area contributed by atoms with Gasteiger partial charge in [0.25, 0.3) is 0 Å². The fourth-order valence-electron chi connectivity index (χ4n) is 5.07. The first-order valence-corrected chi connectivity index (χ1v) is 10.8. The molecule has 0 saturated heterocycles. The molecule has 1 nitrogen and oxygen atoms in total. The Kier molecular flexibility index (Phi) is 3.43. The third-order valence-electron chi connectivity index (χ3n) is 6.46. The van der Waals surface area contributed by atoms with Crippen LogP contribution in [0.1, 0.15) is 25.0 Å². The summed E-state index contributed by atoms with van der Waals surface area (Å²) in [4.78, 5) is 0. The summed E-state index contributed by atoms with van der Waals surface area (Å²) in [6.07, 6.45) is 0. The van der Waals surface area contributed by atoms with E-state index < -0.39 is 0 Å². The van der Waals surface area contributed by atoms with Gasteiger partial charge in [0.05, 0.1) is 11.0 Å². The lowest BCUT2D eigenvalue weighted by Gasteiger charge is -2.21. The average molecular weight is 438 g/mol. The van der Waals surface area contributed by atoms with Gasteiger partial charge < -0.3 is 4.57 Å². The Hall–Kier alpha value is -2.84. The van der Waals surface area contributed by atoms with Crippen LogP contribution in [0.25, 0.3) is 38.6 Å². The van der Waals surface area contributed by atoms with Crippen molar-refractivity contribution in [2.75, 3.05) is 0 Å². The number of fused-ring (bicyclic) bond motifs is 6. The molecule has 0 amide bonds. The Morgan fingerprint density at radius 2 is 1.38 bits per heavy atom. The molecule has 0 aliphatic heterocycles. The van der Waals surface area contributed by atoms with E-state index in [1.54, 1.807) is 0 Å². The summed E-state index contributed by atoms with van der Waals surface area (Å²) in [5.41, 5.74) is 9.24. The molecule has 29 heavy (non-hydrogen) atoms. The lowest BCUT2D eigenvalue weighted by Crippen LogP contribution is -2.14. The number of rotatable bonds is 1. The van der Waals surface area contributed by atoms with E-state index >= 15 is 0 Å². The molecule has 0 spiro atoms. The van der Waals surface area contributed by atoms with Gasteiger partial charge in [-0.3, -0.25) is 0 Å². The normalized spacial score (nSPS) is 14.3. The fraction of sp³-hybridized carbons (Fsp3) is 0.111. The molecule has 6 rings (SSSR count). The molecule has 0 unspecified atom stereocenters. The van der Waals surface area contributed by atoms with E-state index in [4.69, 9.17) is 0 Å². The first-order chi connectivity index (χ1) is 14.1. The maximum absolute atomic E-state index is 3.67. The largest absolute Gasteiger partial charge is 0.309 e. The fourth-order valence-corrected chi connectivity index (χ4v) is 5.42. The summed E-state index contributed by atoms with van der Waals surface area (Å²) in [5, 5.41) is 2.57. The van der Waals surface area contributed by atoms with Gasteiger partial charge in [-0.05, 0) is 52.6 Å². The minimum atomic E-state index is 0.0360. The van der Waals surface area contributed by atoms with Gasteiger partial charge in [-0.2, -0.15) is 0 Å². The number of benzene rings is 4. The molecule has 5 aromatic rings. The van der Waals surface area contributed by atoms with Crippen molar-refractivity contribution in [3.63, 3.8) is 0 Å². The molecule has 0 fully saturated rings. The SMILES string of the molecule is CC1(C)c2ccccc2-c2cc(-n3c4ccccc4c4ccc(Br)cc43)ccc21. The molecule has 0 radical (unpaired) electrons. The van der Waals surface area contributed by atoms with Crippen molar-refractivity contribution in [1.82, 2.24) is 4.57 Å². The van der Waals surface area contributed by atoms with Gasteiger partial charge in [0, 0.05) is 26.3 Å². The second-order valence-electron chi connectivity index (χ2n) is 8.41. The zero-order valence-electron chi connectivity index (χ0n) is 16.4. The summed E-state index contributed by atoms with van der Waals surface area (Å²) < 4.78 is 3.49. The molecule has 1 aromatic heterocycles. The van der Waals surface area contributed by atoms with Crippen LogP contribution in [0.2, 0.25) is 0 Å². The highest BCUT2D eigenvalue weighted by atomic mass is 79.9. The lowest BCUT2D eigenvalue weighted by atomic mass is 9.82. The third-order valence-corrected chi connectivity index (χ3v) is 6.95. The molecular formula is C27H20BrN. The molecule has 1 aliphatic rings. The van der Waals surface area contributed by atoms with E-state index in [2.05, 4.69) is 119 Å². The first kappa shape index (κ1) is 17.1. The van der Waals surface area contributed by atoms with Crippen molar-refractivity contribution < 1.29 is 0 Å². The molecule has 0 bridgehead atoms. The number of aromatic nitrogens is 1. The predicted molar refractivity (Wildman–Crippen MR) is 126 cm³/mol. The molecule has 1 aliphatic carbocycles. The van der Waals surface area contributed by atoms with Crippen molar-refractivity contribution in [3.8, 4) is 16.8 Å². The van der Waals surface area contributed by atoms with Crippen LogP contribution in [-0.2, 0) is 5.41 Å². The van der Waals surface area contributed by atoms with E-state index in [-0.39, 0.29) is 5.41 Å². The first-order valence-electron chi connectivity index (χ1n) is 9.99. The third kappa shape index (κ3) is 2.27. The van der Waals surface area contributed by atoms with E-state index in [0.29, 0.717) is 0 Å². The van der Waals surface area contributed by atoms with Crippen LogP contribution in [0.4, 0.5) is 0 Å². The Morgan fingerprint density at radius 3 is 2.28 bits per heavy atom. The predicted octanol–water partition coefficient (Wildman–Crippen LogP) is 7.85. The summed E-state index contributed by atoms with van der Waals surface area (Å²) in [6, 6.07) is 31.0. The molecule has 0 atom stereocenters. The van der Waals surface area contributed by atoms with Crippen molar-refractivity contribution in [3.05, 3.63) is 101 Å². The van der Waals surface area contributed by atoms with Crippen LogP contribution in [-0.4, -0.2) is 4.57 Å². The van der Waals surface area contributed by atoms with Crippen LogP contribution in [0.5, 0.6) is 0 Å². The van der Waals surface area contributed by atoms with E-state index in [9.17, 15) is 0 Å². The second-order valence-corrected chi connectivity index (χ2v) is 9.33. The van der Waals surface area contributed by atoms with Gasteiger partial charge >= 0.3 is 0 Å². The average Bonchev–Trinajstić information content (AvgIpc) is 3.17. The topological polar surface area (TPSA) is 4.93 Å². The standard InChI is InChI=1S/C27H20BrN/c1-27(2)23-9-5-3-7-19(23)22-16-18(12-14-24(22)27)29-25-10-6-4-8-20(25)21-13-11-17(28)15-26(21)29/h3-16H,1-2H3. The summed E-state index contributed by atoms with van der Waals surface area (Å²) >= 11 is 3.67. The Bertz CT molecular complexity index is 1440. The number of hydrogen-bond donors (Lipinski definition) is 0. The Balaban J connectivity index is 1.70. The van der Waals surface area contributed by atoms with Crippen LogP contribution in [0, 0.1) is 0 Å². The van der Waals surface area contributed by atoms with Gasteiger partial charge in [0.1, 0.15) is 0 Å². The number of nitrogens with zero attached hydrogens (tertiary/aromatic N) is 1. The highest BCUT2D eigenvalue weighted by Crippen LogP contribution is 2.49. The van der Waals surface area contributed by atoms with Gasteiger partial charge in [-0.15, -0.1) is 0 Å². The minimum absolute atomic E-state index is 0.0360. The second kappa shape index (κ2) is 5.84. The van der Waals surface area contributed by atoms with Gasteiger partial charge in [-0.1, -0.05) is 84.4 Å². The van der Waals surface area contributed by atoms with Gasteiger partial charge in [0.15, 0.2) is 0 Å². The summed E-state index contributed by atoms with van der Waals surface area (Å²) in [7, 11) is 0. The van der Waals surface area contributed by atoms with Crippen molar-refractivity contribution >= 4 is 37.7 Å². The van der Waals surface area contributed by atoms with E-state index in [1.165, 1.54) is 49.7 Å². The molecule has 0 N–H and O–H groups in total. The molecule has 0 saturated carbocycles. The lowest BCUT2D eigenvalue weighted by molar-refractivity contribution is 0.660. The highest BCUT2D eigenvalue weighted by molar-refractivity contribution is 9.10. The van der Waals surface area contributed by atoms with E-state index in [0.717, 1.165) is 4.47 Å². The summed E-state index contributed by atoms with van der Waals surface area (Å²) in [5.74, 6) is 0. The zero-order chi connectivity index (χ0) is 19.8. The number of para-hydroxylation sites is 1. The Morgan fingerprint density at radius 1 is 0.655 bits per heavy atom. The maximum Gasteiger partial charge on any atom is 0.0552 e. The van der Waals surface area contributed by atoms with Crippen molar-refractivity contribution in [2.24, 2.45) is 0 Å². The van der Waals surface area contributed by atoms with Crippen LogP contribution in [0.15, 0.2) is 89.4 Å². The monoisotopic (exact) mass is 437 g/mol. The molecule has 4 aromatic carbocycles. The smallest absolute Gasteiger partial charge is 0.0552 e. The quantitative estimate of drug-likeness (QED) is 0.251.